The van der Waals surface area contributed by atoms with Crippen molar-refractivity contribution in [1.29, 1.82) is 0 Å². The number of halogens is 1. The summed E-state index contributed by atoms with van der Waals surface area (Å²) in [6, 6.07) is 0. The van der Waals surface area contributed by atoms with Gasteiger partial charge in [-0.25, -0.2) is 4.39 Å². The van der Waals surface area contributed by atoms with Gasteiger partial charge in [0.25, 0.3) is 0 Å². The molecule has 0 bridgehead atoms. The number of hydrogen-bond donors (Lipinski definition) is 1. The van der Waals surface area contributed by atoms with Crippen molar-refractivity contribution in [2.24, 2.45) is 5.92 Å². The van der Waals surface area contributed by atoms with Crippen molar-refractivity contribution in [3.63, 3.8) is 0 Å². The Hall–Kier alpha value is -0.110. The van der Waals surface area contributed by atoms with E-state index in [1.165, 1.54) is 0 Å². The van der Waals surface area contributed by atoms with Crippen LogP contribution in [0.1, 0.15) is 26.2 Å². The van der Waals surface area contributed by atoms with Crippen LogP contribution in [0.2, 0.25) is 0 Å². The molecule has 0 aromatic rings. The summed E-state index contributed by atoms with van der Waals surface area (Å²) in [5.74, 6) is 0.461. The molecule has 1 saturated carbocycles. The van der Waals surface area contributed by atoms with Gasteiger partial charge in [-0.15, -0.1) is 0 Å². The van der Waals surface area contributed by atoms with E-state index < -0.39 is 12.3 Å². The maximum Gasteiger partial charge on any atom is 0.126 e. The molecule has 1 aliphatic carbocycles. The Morgan fingerprint density at radius 1 is 1.44 bits per heavy atom. The van der Waals surface area contributed by atoms with E-state index >= 15 is 0 Å². The summed E-state index contributed by atoms with van der Waals surface area (Å²) in [6.45, 7) is 2.03. The topological polar surface area (TPSA) is 20.2 Å². The monoisotopic (exact) mass is 132 g/mol. The highest BCUT2D eigenvalue weighted by molar-refractivity contribution is 4.76. The minimum atomic E-state index is -0.964. The van der Waals surface area contributed by atoms with Crippen LogP contribution in [-0.2, 0) is 0 Å². The molecule has 1 rings (SSSR count). The molecule has 0 aromatic carbocycles. The molecule has 0 saturated heterocycles. The van der Waals surface area contributed by atoms with Gasteiger partial charge in [0.1, 0.15) is 6.17 Å². The minimum Gasteiger partial charge on any atom is -0.390 e. The molecule has 0 unspecified atom stereocenters. The first-order valence-corrected chi connectivity index (χ1v) is 3.52. The summed E-state index contributed by atoms with van der Waals surface area (Å²) in [5.41, 5.74) is 0. The lowest BCUT2D eigenvalue weighted by atomic mass is 9.88. The highest BCUT2D eigenvalue weighted by Gasteiger charge is 2.26. The second-order valence-electron chi connectivity index (χ2n) is 3.00. The van der Waals surface area contributed by atoms with Crippen LogP contribution in [-0.4, -0.2) is 17.4 Å². The average molecular weight is 132 g/mol. The van der Waals surface area contributed by atoms with Crippen molar-refractivity contribution < 1.29 is 9.50 Å². The molecular formula is C7H13FO. The molecule has 0 radical (unpaired) electrons. The van der Waals surface area contributed by atoms with Gasteiger partial charge >= 0.3 is 0 Å². The van der Waals surface area contributed by atoms with Crippen LogP contribution in [0, 0.1) is 5.92 Å². The van der Waals surface area contributed by atoms with Crippen LogP contribution < -0.4 is 0 Å². The van der Waals surface area contributed by atoms with E-state index in [4.69, 9.17) is 5.11 Å². The Morgan fingerprint density at radius 2 is 2.11 bits per heavy atom. The number of aliphatic hydroxyl groups is 1. The lowest BCUT2D eigenvalue weighted by Gasteiger charge is -2.25. The van der Waals surface area contributed by atoms with Gasteiger partial charge in [0.05, 0.1) is 6.10 Å². The zero-order valence-electron chi connectivity index (χ0n) is 5.68. The van der Waals surface area contributed by atoms with Gasteiger partial charge < -0.3 is 5.11 Å². The summed E-state index contributed by atoms with van der Waals surface area (Å²) in [5, 5.41) is 8.92. The second-order valence-corrected chi connectivity index (χ2v) is 3.00. The lowest BCUT2D eigenvalue weighted by Crippen LogP contribution is -2.29. The fraction of sp³-hybridized carbons (Fsp3) is 1.00. The van der Waals surface area contributed by atoms with Gasteiger partial charge in [0.15, 0.2) is 0 Å². The molecule has 1 nitrogen and oxygen atoms in total. The van der Waals surface area contributed by atoms with Crippen molar-refractivity contribution in [1.82, 2.24) is 0 Å². The molecule has 3 atom stereocenters. The number of aliphatic hydroxyl groups excluding tert-OH is 1. The van der Waals surface area contributed by atoms with Gasteiger partial charge in [-0.1, -0.05) is 6.92 Å². The van der Waals surface area contributed by atoms with E-state index in [9.17, 15) is 4.39 Å². The van der Waals surface area contributed by atoms with Gasteiger partial charge in [0.2, 0.25) is 0 Å². The molecule has 0 aliphatic heterocycles. The Morgan fingerprint density at radius 3 is 2.56 bits per heavy atom. The molecule has 0 spiro atoms. The summed E-state index contributed by atoms with van der Waals surface area (Å²) >= 11 is 0. The quantitative estimate of drug-likeness (QED) is 0.529. The van der Waals surface area contributed by atoms with E-state index in [-0.39, 0.29) is 0 Å². The third-order valence-corrected chi connectivity index (χ3v) is 2.00. The van der Waals surface area contributed by atoms with Crippen molar-refractivity contribution in [3.05, 3.63) is 0 Å². The predicted molar refractivity (Wildman–Crippen MR) is 33.9 cm³/mol. The van der Waals surface area contributed by atoms with Gasteiger partial charge in [-0.2, -0.15) is 0 Å². The van der Waals surface area contributed by atoms with E-state index in [2.05, 4.69) is 0 Å². The zero-order chi connectivity index (χ0) is 6.85. The smallest absolute Gasteiger partial charge is 0.126 e. The van der Waals surface area contributed by atoms with E-state index in [0.29, 0.717) is 18.8 Å². The average Bonchev–Trinajstić information content (AvgIpc) is 1.80. The van der Waals surface area contributed by atoms with Crippen molar-refractivity contribution in [2.75, 3.05) is 0 Å². The first-order chi connectivity index (χ1) is 4.20. The zero-order valence-corrected chi connectivity index (χ0v) is 5.68. The van der Waals surface area contributed by atoms with Crippen LogP contribution in [0.4, 0.5) is 4.39 Å². The summed E-state index contributed by atoms with van der Waals surface area (Å²) in [6.07, 6.45) is 0.514. The van der Waals surface area contributed by atoms with Gasteiger partial charge in [0, 0.05) is 0 Å². The SMILES string of the molecule is C[C@H]1CC[C@H](O)[C@H](F)C1. The van der Waals surface area contributed by atoms with Crippen LogP contribution in [0.5, 0.6) is 0 Å². The number of hydrogen-bond acceptors (Lipinski definition) is 1. The highest BCUT2D eigenvalue weighted by Crippen LogP contribution is 2.25. The number of rotatable bonds is 0. The van der Waals surface area contributed by atoms with E-state index in [1.54, 1.807) is 0 Å². The van der Waals surface area contributed by atoms with E-state index in [0.717, 1.165) is 6.42 Å². The molecule has 1 aliphatic rings. The molecule has 0 heterocycles. The molecule has 1 fully saturated rings. The molecule has 0 amide bonds. The highest BCUT2D eigenvalue weighted by atomic mass is 19.1. The summed E-state index contributed by atoms with van der Waals surface area (Å²) < 4.78 is 12.6. The van der Waals surface area contributed by atoms with Crippen LogP contribution in [0.3, 0.4) is 0 Å². The Bertz CT molecular complexity index is 94.9. The molecule has 9 heavy (non-hydrogen) atoms. The Labute approximate surface area is 54.9 Å². The van der Waals surface area contributed by atoms with Crippen molar-refractivity contribution in [3.8, 4) is 0 Å². The number of alkyl halides is 1. The normalized spacial score (nSPS) is 45.0. The molecule has 1 N–H and O–H groups in total. The third-order valence-electron chi connectivity index (χ3n) is 2.00. The predicted octanol–water partition coefficient (Wildman–Crippen LogP) is 1.51. The molecular weight excluding hydrogens is 119 g/mol. The summed E-state index contributed by atoms with van der Waals surface area (Å²) in [4.78, 5) is 0. The van der Waals surface area contributed by atoms with Crippen molar-refractivity contribution >= 4 is 0 Å². The molecule has 2 heteroatoms. The fourth-order valence-electron chi connectivity index (χ4n) is 1.30. The minimum absolute atomic E-state index is 0.461. The van der Waals surface area contributed by atoms with Crippen LogP contribution in [0.15, 0.2) is 0 Å². The maximum absolute atomic E-state index is 12.6. The molecule has 54 valence electrons. The van der Waals surface area contributed by atoms with Crippen LogP contribution >= 0.6 is 0 Å². The standard InChI is InChI=1S/C7H13FO/c1-5-2-3-7(9)6(8)4-5/h5-7,9H,2-4H2,1H3/t5-,6+,7-/m0/s1. The Kier molecular flexibility index (Phi) is 2.06. The van der Waals surface area contributed by atoms with E-state index in [1.807, 2.05) is 6.92 Å². The maximum atomic E-state index is 12.6. The largest absolute Gasteiger partial charge is 0.390 e. The Balaban J connectivity index is 2.35. The second kappa shape index (κ2) is 2.65. The van der Waals surface area contributed by atoms with Gasteiger partial charge in [-0.3, -0.25) is 0 Å². The summed E-state index contributed by atoms with van der Waals surface area (Å²) in [7, 11) is 0. The molecule has 0 aromatic heterocycles. The van der Waals surface area contributed by atoms with Gasteiger partial charge in [-0.05, 0) is 25.2 Å². The van der Waals surface area contributed by atoms with Crippen LogP contribution in [0.25, 0.3) is 0 Å². The first-order valence-electron chi connectivity index (χ1n) is 3.52. The first kappa shape index (κ1) is 7.00. The fourth-order valence-corrected chi connectivity index (χ4v) is 1.30. The third kappa shape index (κ3) is 1.65. The van der Waals surface area contributed by atoms with Crippen molar-refractivity contribution in [2.45, 2.75) is 38.5 Å². The lowest BCUT2D eigenvalue weighted by molar-refractivity contribution is 0.0278.